The molecule has 0 aromatic heterocycles. The fourth-order valence-electron chi connectivity index (χ4n) is 4.48. The number of cyclic esters (lactones) is 2. The minimum Gasteiger partial charge on any atom is -0.464 e. The quantitative estimate of drug-likeness (QED) is 0.402. The molecular weight excluding hydrogens is 364 g/mol. The normalized spacial score (nSPS) is 34.4. The number of hydrogen-bond donors (Lipinski definition) is 0. The summed E-state index contributed by atoms with van der Waals surface area (Å²) in [5.74, 6) is -1.44. The molecule has 3 fully saturated rings. The van der Waals surface area contributed by atoms with Gasteiger partial charge in [-0.05, 0) is 64.2 Å². The molecule has 2 unspecified atom stereocenters. The smallest absolute Gasteiger partial charge is 0.350 e. The van der Waals surface area contributed by atoms with E-state index in [-0.39, 0.29) is 18.0 Å². The van der Waals surface area contributed by atoms with E-state index < -0.39 is 23.6 Å². The van der Waals surface area contributed by atoms with Crippen molar-refractivity contribution in [3.05, 3.63) is 12.7 Å². The van der Waals surface area contributed by atoms with E-state index in [1.807, 2.05) is 0 Å². The minimum atomic E-state index is -1.24. The van der Waals surface area contributed by atoms with Gasteiger partial charge >= 0.3 is 17.9 Å². The Morgan fingerprint density at radius 1 is 1.00 bits per heavy atom. The zero-order valence-corrected chi connectivity index (χ0v) is 16.4. The van der Waals surface area contributed by atoms with Gasteiger partial charge in [-0.2, -0.15) is 0 Å². The predicted molar refractivity (Wildman–Crippen MR) is 99.3 cm³/mol. The summed E-state index contributed by atoms with van der Waals surface area (Å²) in [5.41, 5.74) is -1.24. The lowest BCUT2D eigenvalue weighted by Gasteiger charge is -2.40. The van der Waals surface area contributed by atoms with Crippen molar-refractivity contribution in [1.82, 2.24) is 0 Å². The van der Waals surface area contributed by atoms with Gasteiger partial charge in [0.15, 0.2) is 6.10 Å². The topological polar surface area (TPSA) is 88.1 Å². The SMILES string of the molecule is C=CC(=O)OC1(C2CCC(OC3CCCCOC3=O)CC2)CCCCOC1=O. The Labute approximate surface area is 165 Å². The summed E-state index contributed by atoms with van der Waals surface area (Å²) in [6.07, 6.45) is 7.76. The summed E-state index contributed by atoms with van der Waals surface area (Å²) in [7, 11) is 0. The fraction of sp³-hybridized carbons (Fsp3) is 0.762. The second kappa shape index (κ2) is 9.54. The van der Waals surface area contributed by atoms with Crippen LogP contribution in [0.5, 0.6) is 0 Å². The zero-order chi connectivity index (χ0) is 20.0. The van der Waals surface area contributed by atoms with Gasteiger partial charge in [0, 0.05) is 12.0 Å². The molecule has 7 nitrogen and oxygen atoms in total. The van der Waals surface area contributed by atoms with Crippen LogP contribution in [0.25, 0.3) is 0 Å². The molecule has 7 heteroatoms. The maximum absolute atomic E-state index is 12.7. The molecule has 3 rings (SSSR count). The first-order valence-corrected chi connectivity index (χ1v) is 10.4. The molecular formula is C21H30O7. The summed E-state index contributed by atoms with van der Waals surface area (Å²) in [6, 6.07) is 0. The molecule has 2 aliphatic heterocycles. The molecule has 0 N–H and O–H groups in total. The van der Waals surface area contributed by atoms with Crippen LogP contribution in [-0.2, 0) is 33.3 Å². The van der Waals surface area contributed by atoms with Gasteiger partial charge < -0.3 is 18.9 Å². The molecule has 1 saturated carbocycles. The van der Waals surface area contributed by atoms with Crippen molar-refractivity contribution in [3.63, 3.8) is 0 Å². The van der Waals surface area contributed by atoms with Crippen molar-refractivity contribution in [1.29, 1.82) is 0 Å². The summed E-state index contributed by atoms with van der Waals surface area (Å²) in [5, 5.41) is 0. The maximum Gasteiger partial charge on any atom is 0.350 e. The molecule has 0 aromatic carbocycles. The number of rotatable bonds is 5. The van der Waals surface area contributed by atoms with Gasteiger partial charge in [-0.15, -0.1) is 0 Å². The first kappa shape index (κ1) is 20.8. The maximum atomic E-state index is 12.7. The van der Waals surface area contributed by atoms with Crippen LogP contribution in [0, 0.1) is 5.92 Å². The summed E-state index contributed by atoms with van der Waals surface area (Å²) in [4.78, 5) is 36.7. The molecule has 0 radical (unpaired) electrons. The van der Waals surface area contributed by atoms with Crippen molar-refractivity contribution >= 4 is 17.9 Å². The standard InChI is InChI=1S/C21H30O7/c1-2-18(22)28-21(12-4-6-14-26-20(21)24)15-8-10-16(11-9-15)27-17-7-3-5-13-25-19(17)23/h2,15-17H,1,3-14H2. The minimum absolute atomic E-state index is 0.0548. The Balaban J connectivity index is 1.64. The molecule has 0 amide bonds. The van der Waals surface area contributed by atoms with Crippen LogP contribution in [-0.4, -0.2) is 48.9 Å². The van der Waals surface area contributed by atoms with Gasteiger partial charge in [0.2, 0.25) is 5.60 Å². The monoisotopic (exact) mass is 394 g/mol. The third kappa shape index (κ3) is 4.74. The lowest BCUT2D eigenvalue weighted by atomic mass is 9.73. The van der Waals surface area contributed by atoms with Gasteiger partial charge in [0.05, 0.1) is 19.3 Å². The second-order valence-corrected chi connectivity index (χ2v) is 7.87. The number of esters is 3. The molecule has 2 heterocycles. The van der Waals surface area contributed by atoms with E-state index in [9.17, 15) is 14.4 Å². The largest absolute Gasteiger partial charge is 0.464 e. The van der Waals surface area contributed by atoms with Crippen LogP contribution in [0.2, 0.25) is 0 Å². The third-order valence-corrected chi connectivity index (χ3v) is 6.03. The molecule has 28 heavy (non-hydrogen) atoms. The summed E-state index contributed by atoms with van der Waals surface area (Å²) < 4.78 is 22.2. The van der Waals surface area contributed by atoms with Crippen LogP contribution < -0.4 is 0 Å². The zero-order valence-electron chi connectivity index (χ0n) is 16.4. The Morgan fingerprint density at radius 3 is 2.46 bits per heavy atom. The first-order chi connectivity index (χ1) is 13.5. The Morgan fingerprint density at radius 2 is 1.71 bits per heavy atom. The molecule has 156 valence electrons. The molecule has 1 aliphatic carbocycles. The Hall–Kier alpha value is -1.89. The average molecular weight is 394 g/mol. The van der Waals surface area contributed by atoms with E-state index in [1.54, 1.807) is 0 Å². The van der Waals surface area contributed by atoms with Gasteiger partial charge in [-0.25, -0.2) is 14.4 Å². The van der Waals surface area contributed by atoms with Gasteiger partial charge in [-0.3, -0.25) is 0 Å². The number of ether oxygens (including phenoxy) is 4. The molecule has 3 aliphatic rings. The number of carbonyl (C=O) groups is 3. The summed E-state index contributed by atoms with van der Waals surface area (Å²) in [6.45, 7) is 4.27. The lowest BCUT2D eigenvalue weighted by Crippen LogP contribution is -2.51. The summed E-state index contributed by atoms with van der Waals surface area (Å²) >= 11 is 0. The van der Waals surface area contributed by atoms with Gasteiger partial charge in [-0.1, -0.05) is 6.58 Å². The predicted octanol–water partition coefficient (Wildman–Crippen LogP) is 2.85. The van der Waals surface area contributed by atoms with E-state index in [4.69, 9.17) is 18.9 Å². The number of carbonyl (C=O) groups excluding carboxylic acids is 3. The Bertz CT molecular complexity index is 594. The Kier molecular flexibility index (Phi) is 7.10. The van der Waals surface area contributed by atoms with E-state index >= 15 is 0 Å². The average Bonchev–Trinajstić information content (AvgIpc) is 3.01. The lowest BCUT2D eigenvalue weighted by molar-refractivity contribution is -0.190. The van der Waals surface area contributed by atoms with Gasteiger partial charge in [0.1, 0.15) is 0 Å². The molecule has 0 bridgehead atoms. The molecule has 0 aromatic rings. The van der Waals surface area contributed by atoms with Crippen LogP contribution in [0.1, 0.15) is 64.2 Å². The van der Waals surface area contributed by atoms with Crippen LogP contribution in [0.15, 0.2) is 12.7 Å². The van der Waals surface area contributed by atoms with Crippen molar-refractivity contribution in [3.8, 4) is 0 Å². The van der Waals surface area contributed by atoms with E-state index in [1.165, 1.54) is 0 Å². The second-order valence-electron chi connectivity index (χ2n) is 7.87. The van der Waals surface area contributed by atoms with Crippen molar-refractivity contribution in [2.75, 3.05) is 13.2 Å². The van der Waals surface area contributed by atoms with Crippen LogP contribution in [0.4, 0.5) is 0 Å². The number of hydrogen-bond acceptors (Lipinski definition) is 7. The van der Waals surface area contributed by atoms with Crippen molar-refractivity contribution in [2.24, 2.45) is 5.92 Å². The highest BCUT2D eigenvalue weighted by molar-refractivity contribution is 5.88. The molecule has 0 spiro atoms. The van der Waals surface area contributed by atoms with Crippen molar-refractivity contribution < 1.29 is 33.3 Å². The highest BCUT2D eigenvalue weighted by Gasteiger charge is 2.52. The highest BCUT2D eigenvalue weighted by Crippen LogP contribution is 2.41. The first-order valence-electron chi connectivity index (χ1n) is 10.4. The van der Waals surface area contributed by atoms with Crippen LogP contribution >= 0.6 is 0 Å². The van der Waals surface area contributed by atoms with E-state index in [2.05, 4.69) is 6.58 Å². The van der Waals surface area contributed by atoms with E-state index in [0.717, 1.165) is 31.8 Å². The van der Waals surface area contributed by atoms with Crippen LogP contribution in [0.3, 0.4) is 0 Å². The van der Waals surface area contributed by atoms with Gasteiger partial charge in [0.25, 0.3) is 0 Å². The fourth-order valence-corrected chi connectivity index (χ4v) is 4.48. The van der Waals surface area contributed by atoms with E-state index in [0.29, 0.717) is 51.7 Å². The third-order valence-electron chi connectivity index (χ3n) is 6.03. The molecule has 2 saturated heterocycles. The van der Waals surface area contributed by atoms with Crippen molar-refractivity contribution in [2.45, 2.75) is 82.0 Å². The molecule has 2 atom stereocenters. The highest BCUT2D eigenvalue weighted by atomic mass is 16.6.